The maximum atomic E-state index is 9.59. The van der Waals surface area contributed by atoms with Gasteiger partial charge in [0.05, 0.1) is 9.90 Å². The van der Waals surface area contributed by atoms with Gasteiger partial charge in [-0.1, -0.05) is 11.6 Å². The Morgan fingerprint density at radius 1 is 1.67 bits per heavy atom. The molecule has 68 valence electrons. The minimum absolute atomic E-state index is 0.277. The molecule has 3 N–H and O–H groups in total. The second kappa shape index (κ2) is 3.75. The highest BCUT2D eigenvalue weighted by Gasteiger charge is 2.17. The van der Waals surface area contributed by atoms with Crippen LogP contribution in [0.4, 0.5) is 0 Å². The van der Waals surface area contributed by atoms with Gasteiger partial charge < -0.3 is 10.8 Å². The molecular weight excluding hydrogens is 194 g/mol. The average Bonchev–Trinajstić information content (AvgIpc) is 2.28. The number of hydrogen-bond donors (Lipinski definition) is 2. The third-order valence-corrected chi connectivity index (χ3v) is 3.15. The minimum Gasteiger partial charge on any atom is -0.386 e. The van der Waals surface area contributed by atoms with Crippen molar-refractivity contribution < 1.29 is 5.11 Å². The van der Waals surface area contributed by atoms with Crippen molar-refractivity contribution in [2.24, 2.45) is 5.73 Å². The molecule has 2 nitrogen and oxygen atoms in total. The van der Waals surface area contributed by atoms with Gasteiger partial charge in [0.25, 0.3) is 0 Å². The Bertz CT molecular complexity index is 272. The van der Waals surface area contributed by atoms with E-state index in [4.69, 9.17) is 17.3 Å². The molecule has 0 aliphatic carbocycles. The van der Waals surface area contributed by atoms with Crippen molar-refractivity contribution in [1.82, 2.24) is 0 Å². The van der Waals surface area contributed by atoms with Gasteiger partial charge in [-0.3, -0.25) is 0 Å². The molecule has 1 rings (SSSR count). The Kier molecular flexibility index (Phi) is 3.12. The van der Waals surface area contributed by atoms with Crippen molar-refractivity contribution in [3.8, 4) is 0 Å². The summed E-state index contributed by atoms with van der Waals surface area (Å²) in [6.07, 6.45) is -0.642. The lowest BCUT2D eigenvalue weighted by Crippen LogP contribution is -2.23. The van der Waals surface area contributed by atoms with Crippen LogP contribution in [0, 0.1) is 6.92 Å². The second-order valence-corrected chi connectivity index (χ2v) is 4.57. The van der Waals surface area contributed by atoms with Crippen molar-refractivity contribution >= 4 is 22.9 Å². The van der Waals surface area contributed by atoms with Crippen LogP contribution in [0.2, 0.25) is 5.02 Å². The number of rotatable bonds is 2. The Morgan fingerprint density at radius 2 is 2.25 bits per heavy atom. The zero-order valence-electron chi connectivity index (χ0n) is 7.04. The molecule has 0 aromatic carbocycles. The lowest BCUT2D eigenvalue weighted by atomic mass is 10.2. The quantitative estimate of drug-likeness (QED) is 0.777. The Balaban J connectivity index is 2.94. The molecule has 0 amide bonds. The molecule has 1 aromatic heterocycles. The molecule has 0 radical (unpaired) electrons. The number of aliphatic hydroxyl groups is 1. The fourth-order valence-electron chi connectivity index (χ4n) is 0.942. The van der Waals surface area contributed by atoms with Crippen molar-refractivity contribution in [2.75, 3.05) is 0 Å². The van der Waals surface area contributed by atoms with Crippen molar-refractivity contribution in [3.05, 3.63) is 20.8 Å². The van der Waals surface area contributed by atoms with Gasteiger partial charge in [0.2, 0.25) is 0 Å². The number of aliphatic hydroxyl groups excluding tert-OH is 1. The van der Waals surface area contributed by atoms with E-state index in [1.54, 1.807) is 6.92 Å². The average molecular weight is 206 g/mol. The summed E-state index contributed by atoms with van der Waals surface area (Å²) in [5, 5.41) is 10.2. The first-order valence-corrected chi connectivity index (χ1v) is 4.91. The summed E-state index contributed by atoms with van der Waals surface area (Å²) in [5.41, 5.74) is 5.54. The van der Waals surface area contributed by atoms with E-state index < -0.39 is 6.10 Å². The topological polar surface area (TPSA) is 46.2 Å². The SMILES string of the molecule is Cc1cc(Cl)c(C(O)C(C)N)s1. The number of nitrogens with two attached hydrogens (primary N) is 1. The molecule has 0 aliphatic heterocycles. The summed E-state index contributed by atoms with van der Waals surface area (Å²) in [6.45, 7) is 3.71. The third-order valence-electron chi connectivity index (χ3n) is 1.60. The molecule has 0 fully saturated rings. The monoisotopic (exact) mass is 205 g/mol. The van der Waals surface area contributed by atoms with Crippen LogP contribution in [-0.4, -0.2) is 11.1 Å². The maximum Gasteiger partial charge on any atom is 0.104 e. The zero-order chi connectivity index (χ0) is 9.30. The summed E-state index contributed by atoms with van der Waals surface area (Å²) in [7, 11) is 0. The van der Waals surface area contributed by atoms with Crippen LogP contribution in [0.3, 0.4) is 0 Å². The van der Waals surface area contributed by atoms with E-state index in [-0.39, 0.29) is 6.04 Å². The molecule has 1 aromatic rings. The van der Waals surface area contributed by atoms with E-state index in [0.717, 1.165) is 9.75 Å². The zero-order valence-corrected chi connectivity index (χ0v) is 8.62. The van der Waals surface area contributed by atoms with Crippen LogP contribution in [-0.2, 0) is 0 Å². The summed E-state index contributed by atoms with van der Waals surface area (Å²) in [4.78, 5) is 1.86. The first-order chi connectivity index (χ1) is 5.52. The van der Waals surface area contributed by atoms with Gasteiger partial charge in [-0.15, -0.1) is 11.3 Å². The van der Waals surface area contributed by atoms with Gasteiger partial charge in [0.1, 0.15) is 6.10 Å². The minimum atomic E-state index is -0.642. The lowest BCUT2D eigenvalue weighted by Gasteiger charge is -2.12. The van der Waals surface area contributed by atoms with E-state index >= 15 is 0 Å². The Morgan fingerprint density at radius 3 is 2.58 bits per heavy atom. The van der Waals surface area contributed by atoms with Crippen LogP contribution in [0.5, 0.6) is 0 Å². The molecule has 1 heterocycles. The Hall–Kier alpha value is -0.0900. The predicted molar refractivity (Wildman–Crippen MR) is 52.7 cm³/mol. The lowest BCUT2D eigenvalue weighted by molar-refractivity contribution is 0.157. The fraction of sp³-hybridized carbons (Fsp3) is 0.500. The van der Waals surface area contributed by atoms with E-state index in [1.807, 2.05) is 13.0 Å². The van der Waals surface area contributed by atoms with E-state index in [1.165, 1.54) is 11.3 Å². The van der Waals surface area contributed by atoms with Gasteiger partial charge in [-0.05, 0) is 19.9 Å². The first-order valence-electron chi connectivity index (χ1n) is 3.72. The molecule has 0 bridgehead atoms. The summed E-state index contributed by atoms with van der Waals surface area (Å²) >= 11 is 7.37. The van der Waals surface area contributed by atoms with E-state index in [0.29, 0.717) is 5.02 Å². The highest BCUT2D eigenvalue weighted by atomic mass is 35.5. The first kappa shape index (κ1) is 9.99. The highest BCUT2D eigenvalue weighted by molar-refractivity contribution is 7.12. The molecular formula is C8H12ClNOS. The van der Waals surface area contributed by atoms with Gasteiger partial charge >= 0.3 is 0 Å². The number of hydrogen-bond acceptors (Lipinski definition) is 3. The maximum absolute atomic E-state index is 9.59. The molecule has 12 heavy (non-hydrogen) atoms. The molecule has 0 spiro atoms. The third kappa shape index (κ3) is 1.98. The highest BCUT2D eigenvalue weighted by Crippen LogP contribution is 2.32. The van der Waals surface area contributed by atoms with Gasteiger partial charge in [-0.25, -0.2) is 0 Å². The van der Waals surface area contributed by atoms with Gasteiger partial charge in [-0.2, -0.15) is 0 Å². The van der Waals surface area contributed by atoms with Crippen molar-refractivity contribution in [1.29, 1.82) is 0 Å². The summed E-state index contributed by atoms with van der Waals surface area (Å²) in [6, 6.07) is 1.56. The molecule has 0 aliphatic rings. The molecule has 2 unspecified atom stereocenters. The number of halogens is 1. The number of thiophene rings is 1. The fourth-order valence-corrected chi connectivity index (χ4v) is 2.41. The molecule has 0 saturated carbocycles. The summed E-state index contributed by atoms with van der Waals surface area (Å²) in [5.74, 6) is 0. The Labute approximate surface area is 81.0 Å². The second-order valence-electron chi connectivity index (χ2n) is 2.87. The van der Waals surface area contributed by atoms with E-state index in [2.05, 4.69) is 0 Å². The van der Waals surface area contributed by atoms with Crippen LogP contribution in [0.25, 0.3) is 0 Å². The van der Waals surface area contributed by atoms with Crippen molar-refractivity contribution in [2.45, 2.75) is 26.0 Å². The molecule has 2 atom stereocenters. The summed E-state index contributed by atoms with van der Waals surface area (Å²) < 4.78 is 0. The normalized spacial score (nSPS) is 16.1. The van der Waals surface area contributed by atoms with E-state index in [9.17, 15) is 5.11 Å². The van der Waals surface area contributed by atoms with Crippen LogP contribution < -0.4 is 5.73 Å². The van der Waals surface area contributed by atoms with Crippen LogP contribution in [0.1, 0.15) is 22.8 Å². The molecule has 4 heteroatoms. The largest absolute Gasteiger partial charge is 0.386 e. The van der Waals surface area contributed by atoms with Gasteiger partial charge in [0.15, 0.2) is 0 Å². The number of aryl methyl sites for hydroxylation is 1. The molecule has 0 saturated heterocycles. The predicted octanol–water partition coefficient (Wildman–Crippen LogP) is 2.09. The van der Waals surface area contributed by atoms with Gasteiger partial charge in [0, 0.05) is 10.9 Å². The van der Waals surface area contributed by atoms with Crippen molar-refractivity contribution in [3.63, 3.8) is 0 Å². The standard InChI is InChI=1S/C8H12ClNOS/c1-4-3-6(9)8(12-4)7(11)5(2)10/h3,5,7,11H,10H2,1-2H3. The van der Waals surface area contributed by atoms with Crippen LogP contribution >= 0.6 is 22.9 Å². The smallest absolute Gasteiger partial charge is 0.104 e. The van der Waals surface area contributed by atoms with Crippen LogP contribution in [0.15, 0.2) is 6.07 Å².